The second kappa shape index (κ2) is 8.78. The minimum atomic E-state index is -0.591. The lowest BCUT2D eigenvalue weighted by Crippen LogP contribution is -2.21. The van der Waals surface area contributed by atoms with Crippen molar-refractivity contribution in [3.05, 3.63) is 50.7 Å². The van der Waals surface area contributed by atoms with Crippen molar-refractivity contribution in [2.75, 3.05) is 11.9 Å². The van der Waals surface area contributed by atoms with Gasteiger partial charge in [0.15, 0.2) is 12.4 Å². The number of benzene rings is 1. The van der Waals surface area contributed by atoms with Gasteiger partial charge < -0.3 is 10.1 Å². The van der Waals surface area contributed by atoms with Crippen molar-refractivity contribution in [2.24, 2.45) is 0 Å². The molecule has 0 aliphatic heterocycles. The second-order valence-corrected chi connectivity index (χ2v) is 7.25. The van der Waals surface area contributed by atoms with Crippen molar-refractivity contribution < 1.29 is 19.1 Å². The third kappa shape index (κ3) is 5.99. The van der Waals surface area contributed by atoms with E-state index in [9.17, 15) is 14.4 Å². The lowest BCUT2D eigenvalue weighted by molar-refractivity contribution is -0.147. The number of hydrogen-bond donors (Lipinski definition) is 1. The van der Waals surface area contributed by atoms with Gasteiger partial charge in [-0.3, -0.25) is 14.4 Å². The van der Waals surface area contributed by atoms with E-state index in [-0.39, 0.29) is 25.2 Å². The molecule has 0 atom stereocenters. The van der Waals surface area contributed by atoms with Crippen molar-refractivity contribution in [3.63, 3.8) is 0 Å². The number of aryl methyl sites for hydroxylation is 2. The van der Waals surface area contributed by atoms with E-state index < -0.39 is 11.9 Å². The Morgan fingerprint density at radius 3 is 2.48 bits per heavy atom. The molecule has 0 aliphatic rings. The van der Waals surface area contributed by atoms with Crippen molar-refractivity contribution in [1.82, 2.24) is 0 Å². The minimum absolute atomic E-state index is 0.0223. The third-order valence-corrected chi connectivity index (χ3v) is 4.83. The number of anilines is 1. The van der Waals surface area contributed by atoms with Crippen LogP contribution in [-0.2, 0) is 14.3 Å². The van der Waals surface area contributed by atoms with E-state index in [1.807, 2.05) is 26.0 Å². The summed E-state index contributed by atoms with van der Waals surface area (Å²) in [7, 11) is 0. The van der Waals surface area contributed by atoms with Gasteiger partial charge in [-0.1, -0.05) is 17.7 Å². The SMILES string of the molecule is Cc1ccc(NC(=O)COC(=O)CCC(=O)c2ccc(Cl)s2)cc1C. The number of nitrogens with one attached hydrogen (secondary N) is 1. The van der Waals surface area contributed by atoms with Crippen LogP contribution in [0.5, 0.6) is 0 Å². The van der Waals surface area contributed by atoms with Gasteiger partial charge in [0.1, 0.15) is 0 Å². The lowest BCUT2D eigenvalue weighted by atomic mass is 10.1. The molecule has 1 aromatic heterocycles. The Labute approximate surface area is 154 Å². The third-order valence-electron chi connectivity index (χ3n) is 3.56. The number of rotatable bonds is 7. The standard InChI is InChI=1S/C18H18ClNO4S/c1-11-3-4-13(9-12(11)2)20-17(22)10-24-18(23)8-5-14(21)15-6-7-16(19)25-15/h3-4,6-7,9H,5,8,10H2,1-2H3,(H,20,22). The van der Waals surface area contributed by atoms with E-state index in [1.54, 1.807) is 18.2 Å². The first-order chi connectivity index (χ1) is 11.8. The Morgan fingerprint density at radius 2 is 1.84 bits per heavy atom. The molecule has 1 heterocycles. The van der Waals surface area contributed by atoms with E-state index in [4.69, 9.17) is 16.3 Å². The number of ether oxygens (including phenoxy) is 1. The molecule has 5 nitrogen and oxygen atoms in total. The highest BCUT2D eigenvalue weighted by atomic mass is 35.5. The molecule has 132 valence electrons. The average molecular weight is 380 g/mol. The van der Waals surface area contributed by atoms with Crippen molar-refractivity contribution in [1.29, 1.82) is 0 Å². The number of hydrogen-bond acceptors (Lipinski definition) is 5. The summed E-state index contributed by atoms with van der Waals surface area (Å²) in [6, 6.07) is 8.79. The first kappa shape index (κ1) is 19.1. The van der Waals surface area contributed by atoms with Crippen LogP contribution in [0, 0.1) is 13.8 Å². The summed E-state index contributed by atoms with van der Waals surface area (Å²) < 4.78 is 5.42. The Kier molecular flexibility index (Phi) is 6.73. The number of thiophene rings is 1. The zero-order valence-electron chi connectivity index (χ0n) is 13.9. The summed E-state index contributed by atoms with van der Waals surface area (Å²) in [4.78, 5) is 35.8. The molecule has 0 bridgehead atoms. The molecule has 25 heavy (non-hydrogen) atoms. The van der Waals surface area contributed by atoms with Gasteiger partial charge in [0.2, 0.25) is 0 Å². The van der Waals surface area contributed by atoms with Gasteiger partial charge in [0.05, 0.1) is 15.6 Å². The molecular weight excluding hydrogens is 362 g/mol. The molecule has 0 unspecified atom stereocenters. The van der Waals surface area contributed by atoms with Crippen LogP contribution in [0.2, 0.25) is 4.34 Å². The lowest BCUT2D eigenvalue weighted by Gasteiger charge is -2.08. The average Bonchev–Trinajstić information content (AvgIpc) is 3.00. The van der Waals surface area contributed by atoms with Crippen LogP contribution in [0.1, 0.15) is 33.6 Å². The smallest absolute Gasteiger partial charge is 0.306 e. The maximum absolute atomic E-state index is 11.9. The quantitative estimate of drug-likeness (QED) is 0.579. The van der Waals surface area contributed by atoms with Gasteiger partial charge in [-0.15, -0.1) is 11.3 Å². The van der Waals surface area contributed by atoms with Gasteiger partial charge in [-0.2, -0.15) is 0 Å². The highest BCUT2D eigenvalue weighted by Crippen LogP contribution is 2.23. The fourth-order valence-electron chi connectivity index (χ4n) is 2.04. The van der Waals surface area contributed by atoms with Crippen molar-refractivity contribution >= 4 is 46.3 Å². The molecule has 0 saturated carbocycles. The highest BCUT2D eigenvalue weighted by Gasteiger charge is 2.13. The maximum Gasteiger partial charge on any atom is 0.306 e. The summed E-state index contributed by atoms with van der Waals surface area (Å²) in [6.45, 7) is 3.54. The summed E-state index contributed by atoms with van der Waals surface area (Å²) >= 11 is 6.94. The minimum Gasteiger partial charge on any atom is -0.456 e. The Balaban J connectivity index is 1.72. The van der Waals surface area contributed by atoms with Crippen molar-refractivity contribution in [3.8, 4) is 0 Å². The van der Waals surface area contributed by atoms with E-state index in [2.05, 4.69) is 5.32 Å². The number of halogens is 1. The highest BCUT2D eigenvalue weighted by molar-refractivity contribution is 7.18. The van der Waals surface area contributed by atoms with Crippen molar-refractivity contribution in [2.45, 2.75) is 26.7 Å². The van der Waals surface area contributed by atoms with E-state index in [0.29, 0.717) is 14.9 Å². The molecule has 0 spiro atoms. The molecule has 0 saturated heterocycles. The zero-order chi connectivity index (χ0) is 18.4. The molecule has 1 aromatic carbocycles. The summed E-state index contributed by atoms with van der Waals surface area (Å²) in [5, 5.41) is 2.66. The number of carbonyl (C=O) groups excluding carboxylic acids is 3. The number of Topliss-reactive ketones (excluding diaryl/α,β-unsaturated/α-hetero) is 1. The molecule has 2 rings (SSSR count). The van der Waals surface area contributed by atoms with Gasteiger partial charge in [-0.25, -0.2) is 0 Å². The van der Waals surface area contributed by atoms with Gasteiger partial charge >= 0.3 is 5.97 Å². The first-order valence-corrected chi connectivity index (χ1v) is 8.86. The van der Waals surface area contributed by atoms with Gasteiger partial charge in [0, 0.05) is 12.1 Å². The molecule has 0 fully saturated rings. The summed E-state index contributed by atoms with van der Waals surface area (Å²) in [5.74, 6) is -1.19. The largest absolute Gasteiger partial charge is 0.456 e. The molecule has 7 heteroatoms. The second-order valence-electron chi connectivity index (χ2n) is 5.53. The molecule has 0 aliphatic carbocycles. The molecular formula is C18H18ClNO4S. The Bertz CT molecular complexity index is 800. The number of amides is 1. The number of esters is 1. The Hall–Kier alpha value is -2.18. The normalized spacial score (nSPS) is 10.4. The fourth-order valence-corrected chi connectivity index (χ4v) is 3.05. The zero-order valence-corrected chi connectivity index (χ0v) is 15.5. The van der Waals surface area contributed by atoms with Gasteiger partial charge in [0.25, 0.3) is 5.91 Å². The van der Waals surface area contributed by atoms with Crippen LogP contribution in [-0.4, -0.2) is 24.3 Å². The summed E-state index contributed by atoms with van der Waals surface area (Å²) in [5.41, 5.74) is 2.83. The fraction of sp³-hybridized carbons (Fsp3) is 0.278. The van der Waals surface area contributed by atoms with Crippen LogP contribution in [0.15, 0.2) is 30.3 Å². The van der Waals surface area contributed by atoms with Gasteiger partial charge in [-0.05, 0) is 49.2 Å². The number of carbonyl (C=O) groups is 3. The monoisotopic (exact) mass is 379 g/mol. The predicted molar refractivity (Wildman–Crippen MR) is 98.4 cm³/mol. The van der Waals surface area contributed by atoms with Crippen LogP contribution < -0.4 is 5.32 Å². The molecule has 1 amide bonds. The van der Waals surface area contributed by atoms with E-state index in [0.717, 1.165) is 11.1 Å². The first-order valence-electron chi connectivity index (χ1n) is 7.66. The van der Waals surface area contributed by atoms with E-state index >= 15 is 0 Å². The van der Waals surface area contributed by atoms with Crippen LogP contribution >= 0.6 is 22.9 Å². The maximum atomic E-state index is 11.9. The number of ketones is 1. The topological polar surface area (TPSA) is 72.5 Å². The van der Waals surface area contributed by atoms with Crippen LogP contribution in [0.3, 0.4) is 0 Å². The van der Waals surface area contributed by atoms with E-state index in [1.165, 1.54) is 11.3 Å². The molecule has 2 aromatic rings. The molecule has 0 radical (unpaired) electrons. The van der Waals surface area contributed by atoms with Crippen LogP contribution in [0.25, 0.3) is 0 Å². The Morgan fingerprint density at radius 1 is 1.08 bits per heavy atom. The predicted octanol–water partition coefficient (Wildman–Crippen LogP) is 4.16. The molecule has 1 N–H and O–H groups in total. The van der Waals surface area contributed by atoms with Crippen LogP contribution in [0.4, 0.5) is 5.69 Å². The summed E-state index contributed by atoms with van der Waals surface area (Å²) in [6.07, 6.45) is -0.0558.